The van der Waals surface area contributed by atoms with E-state index < -0.39 is 60.2 Å². The van der Waals surface area contributed by atoms with E-state index >= 15 is 0 Å². The summed E-state index contributed by atoms with van der Waals surface area (Å²) in [6.07, 6.45) is 5.55. The molecule has 3 saturated heterocycles. The Morgan fingerprint density at radius 3 is 2.65 bits per heavy atom. The number of allylic oxidation sites excluding steroid dienone is 1. The zero-order valence-electron chi connectivity index (χ0n) is 25.3. The Morgan fingerprint density at radius 1 is 1.26 bits per heavy atom. The Morgan fingerprint density at radius 2 is 2.00 bits per heavy atom. The largest absolute Gasteiger partial charge is 0.460 e. The van der Waals surface area contributed by atoms with E-state index in [9.17, 15) is 24.3 Å². The molecule has 0 radical (unpaired) electrons. The van der Waals surface area contributed by atoms with Crippen molar-refractivity contribution in [1.29, 1.82) is 0 Å². The van der Waals surface area contributed by atoms with Crippen molar-refractivity contribution in [3.63, 3.8) is 0 Å². The van der Waals surface area contributed by atoms with Crippen molar-refractivity contribution in [1.82, 2.24) is 15.1 Å². The lowest BCUT2D eigenvalue weighted by Gasteiger charge is -2.39. The fourth-order valence-corrected chi connectivity index (χ4v) is 6.87. The van der Waals surface area contributed by atoms with Gasteiger partial charge in [-0.2, -0.15) is 0 Å². The van der Waals surface area contributed by atoms with Crippen LogP contribution >= 0.6 is 0 Å². The summed E-state index contributed by atoms with van der Waals surface area (Å²) in [7, 11) is 0. The van der Waals surface area contributed by atoms with Gasteiger partial charge in [0, 0.05) is 19.5 Å². The van der Waals surface area contributed by atoms with Crippen LogP contribution in [0, 0.1) is 11.8 Å². The van der Waals surface area contributed by atoms with Gasteiger partial charge in [0.25, 0.3) is 0 Å². The molecule has 3 heterocycles. The summed E-state index contributed by atoms with van der Waals surface area (Å²) >= 11 is 0. The summed E-state index contributed by atoms with van der Waals surface area (Å²) in [6, 6.07) is 7.28. The van der Waals surface area contributed by atoms with E-state index in [0.717, 1.165) is 12.8 Å². The van der Waals surface area contributed by atoms with Crippen LogP contribution in [-0.4, -0.2) is 88.7 Å². The highest BCUT2D eigenvalue weighted by atomic mass is 16.6. The zero-order chi connectivity index (χ0) is 31.1. The Hall–Kier alpha value is -3.50. The number of hydrogen-bond donors (Lipinski definition) is 2. The number of nitrogens with one attached hydrogen (secondary N) is 1. The van der Waals surface area contributed by atoms with Crippen molar-refractivity contribution in [2.45, 2.75) is 82.3 Å². The number of amides is 3. The van der Waals surface area contributed by atoms with Gasteiger partial charge in [0.15, 0.2) is 0 Å². The molecule has 10 nitrogen and oxygen atoms in total. The minimum absolute atomic E-state index is 0.130. The number of carbonyl (C=O) groups excluding carboxylic acids is 4. The number of unbranched alkanes of at least 4 members (excludes halogenated alkanes) is 1. The van der Waals surface area contributed by atoms with E-state index in [1.807, 2.05) is 37.3 Å². The molecule has 3 aliphatic heterocycles. The summed E-state index contributed by atoms with van der Waals surface area (Å²) < 4.78 is 12.3. The number of nitrogens with zero attached hydrogens (tertiary/aromatic N) is 2. The molecule has 0 aliphatic carbocycles. The Balaban J connectivity index is 1.65. The van der Waals surface area contributed by atoms with Gasteiger partial charge in [-0.05, 0) is 38.2 Å². The number of aliphatic hydroxyl groups excluding tert-OH is 1. The lowest BCUT2D eigenvalue weighted by molar-refractivity contribution is -0.160. The number of ether oxygens (including phenoxy) is 2. The highest BCUT2D eigenvalue weighted by molar-refractivity contribution is 5.98. The minimum atomic E-state index is -1.22. The highest BCUT2D eigenvalue weighted by Gasteiger charge is 2.75. The van der Waals surface area contributed by atoms with Gasteiger partial charge in [0.05, 0.1) is 37.1 Å². The molecule has 7 atom stereocenters. The van der Waals surface area contributed by atoms with E-state index in [2.05, 4.69) is 18.5 Å². The fraction of sp³-hybridized carbons (Fsp3) is 0.576. The molecule has 1 spiro atoms. The monoisotopic (exact) mass is 595 g/mol. The number of esters is 1. The SMILES string of the molecule is C=CCCC(=O)NC[C@H](C)OC(=O)[C@@H]1[C@H]2C(=O)N([C@H](CO)c3ccccc3)[C@H](C(=O)N(CC=C)CCCC)[C@]23CC[C@H]1O3. The third-order valence-electron chi connectivity index (χ3n) is 8.86. The third-order valence-corrected chi connectivity index (χ3v) is 8.86. The second-order valence-corrected chi connectivity index (χ2v) is 11.7. The molecule has 2 N–H and O–H groups in total. The van der Waals surface area contributed by atoms with Gasteiger partial charge in [0.2, 0.25) is 17.7 Å². The van der Waals surface area contributed by atoms with Crippen LogP contribution in [0.4, 0.5) is 0 Å². The van der Waals surface area contributed by atoms with Gasteiger partial charge in [-0.25, -0.2) is 0 Å². The molecule has 0 unspecified atom stereocenters. The van der Waals surface area contributed by atoms with E-state index in [1.54, 1.807) is 24.0 Å². The third kappa shape index (κ3) is 6.40. The topological polar surface area (TPSA) is 125 Å². The lowest BCUT2D eigenvalue weighted by atomic mass is 9.70. The maximum atomic E-state index is 14.4. The predicted molar refractivity (Wildman–Crippen MR) is 160 cm³/mol. The van der Waals surface area contributed by atoms with Gasteiger partial charge in [-0.1, -0.05) is 55.8 Å². The van der Waals surface area contributed by atoms with E-state index in [1.165, 1.54) is 4.90 Å². The standard InChI is InChI=1S/C33H45N3O7/c1-5-8-15-26(38)34-20-22(4)42-32(41)27-25-16-17-33(43-25)28(27)30(39)36(24(21-37)23-13-11-10-12-14-23)29(33)31(40)35(18-7-3)19-9-6-2/h5,7,10-14,22,24-25,27-29,37H,1,3,6,8-9,15-21H2,2,4H3,(H,34,38)/t22-,24+,25+,27-,28-,29+,33-/m0/s1. The predicted octanol–water partition coefficient (Wildman–Crippen LogP) is 2.92. The molecule has 10 heteroatoms. The molecule has 234 valence electrons. The molecule has 1 aromatic rings. The maximum absolute atomic E-state index is 14.4. The van der Waals surface area contributed by atoms with Crippen molar-refractivity contribution < 1.29 is 33.8 Å². The molecular formula is C33H45N3O7. The summed E-state index contributed by atoms with van der Waals surface area (Å²) in [5.41, 5.74) is -0.538. The average molecular weight is 596 g/mol. The molecule has 4 rings (SSSR count). The number of rotatable bonds is 16. The Labute approximate surface area is 254 Å². The number of benzene rings is 1. The summed E-state index contributed by atoms with van der Waals surface area (Å²) in [5.74, 6) is -3.26. The first-order valence-electron chi connectivity index (χ1n) is 15.4. The van der Waals surface area contributed by atoms with Crippen molar-refractivity contribution >= 4 is 23.7 Å². The molecule has 0 saturated carbocycles. The number of hydrogen-bond acceptors (Lipinski definition) is 7. The summed E-state index contributed by atoms with van der Waals surface area (Å²) in [4.78, 5) is 57.7. The van der Waals surface area contributed by atoms with E-state index in [4.69, 9.17) is 9.47 Å². The van der Waals surface area contributed by atoms with Gasteiger partial charge in [-0.3, -0.25) is 19.2 Å². The summed E-state index contributed by atoms with van der Waals surface area (Å²) in [5, 5.41) is 13.4. The summed E-state index contributed by atoms with van der Waals surface area (Å²) in [6.45, 7) is 11.7. The second kappa shape index (κ2) is 14.3. The van der Waals surface area contributed by atoms with E-state index in [-0.39, 0.29) is 18.4 Å². The van der Waals surface area contributed by atoms with Crippen molar-refractivity contribution in [2.75, 3.05) is 26.2 Å². The molecule has 0 aromatic heterocycles. The van der Waals surface area contributed by atoms with E-state index in [0.29, 0.717) is 44.3 Å². The van der Waals surface area contributed by atoms with Gasteiger partial charge in [-0.15, -0.1) is 13.2 Å². The van der Waals surface area contributed by atoms with Gasteiger partial charge in [0.1, 0.15) is 17.7 Å². The lowest BCUT2D eigenvalue weighted by Crippen LogP contribution is -2.57. The number of carbonyl (C=O) groups is 4. The fourth-order valence-electron chi connectivity index (χ4n) is 6.87. The Kier molecular flexibility index (Phi) is 10.8. The van der Waals surface area contributed by atoms with Gasteiger partial charge >= 0.3 is 5.97 Å². The van der Waals surface area contributed by atoms with Crippen LogP contribution in [0.25, 0.3) is 0 Å². The van der Waals surface area contributed by atoms with Crippen LogP contribution in [0.1, 0.15) is 64.0 Å². The molecular weight excluding hydrogens is 550 g/mol. The molecule has 3 aliphatic rings. The molecule has 1 aromatic carbocycles. The first kappa shape index (κ1) is 32.4. The van der Waals surface area contributed by atoms with Crippen molar-refractivity contribution in [3.8, 4) is 0 Å². The smallest absolute Gasteiger partial charge is 0.312 e. The first-order chi connectivity index (χ1) is 20.7. The van der Waals surface area contributed by atoms with Gasteiger partial charge < -0.3 is 29.7 Å². The molecule has 43 heavy (non-hydrogen) atoms. The minimum Gasteiger partial charge on any atom is -0.460 e. The van der Waals surface area contributed by atoms with Crippen LogP contribution in [0.15, 0.2) is 55.6 Å². The van der Waals surface area contributed by atoms with Crippen LogP contribution in [0.3, 0.4) is 0 Å². The van der Waals surface area contributed by atoms with Crippen LogP contribution in [0.2, 0.25) is 0 Å². The Bertz CT molecular complexity index is 1190. The van der Waals surface area contributed by atoms with Crippen molar-refractivity contribution in [2.24, 2.45) is 11.8 Å². The number of fused-ring (bicyclic) bond motifs is 1. The normalized spacial score (nSPS) is 26.9. The van der Waals surface area contributed by atoms with Crippen molar-refractivity contribution in [3.05, 3.63) is 61.2 Å². The molecule has 3 amide bonds. The first-order valence-corrected chi connectivity index (χ1v) is 15.4. The number of likely N-dealkylation sites (tertiary alicyclic amines) is 1. The van der Waals surface area contributed by atoms with Crippen LogP contribution in [-0.2, 0) is 28.7 Å². The average Bonchev–Trinajstić information content (AvgIpc) is 3.65. The quantitative estimate of drug-likeness (QED) is 0.222. The van der Waals surface area contributed by atoms with Crippen LogP contribution in [0.5, 0.6) is 0 Å². The highest BCUT2D eigenvalue weighted by Crippen LogP contribution is 2.60. The maximum Gasteiger partial charge on any atom is 0.312 e. The zero-order valence-corrected chi connectivity index (χ0v) is 25.3. The molecule has 2 bridgehead atoms. The molecule has 3 fully saturated rings. The number of aliphatic hydroxyl groups is 1. The van der Waals surface area contributed by atoms with Crippen LogP contribution < -0.4 is 5.32 Å². The second-order valence-electron chi connectivity index (χ2n) is 11.7.